The molecule has 0 aliphatic rings. The van der Waals surface area contributed by atoms with E-state index in [0.29, 0.717) is 0 Å². The van der Waals surface area contributed by atoms with Crippen LogP contribution in [0.25, 0.3) is 0 Å². The number of hydrogen-bond donors (Lipinski definition) is 3. The van der Waals surface area contributed by atoms with Gasteiger partial charge in [-0.1, -0.05) is 6.58 Å². The molecule has 124 valence electrons. The molecular weight excluding hydrogens is 304 g/mol. The van der Waals surface area contributed by atoms with Crippen molar-refractivity contribution < 1.29 is 49.3 Å². The summed E-state index contributed by atoms with van der Waals surface area (Å²) in [6, 6.07) is 0. The van der Waals surface area contributed by atoms with Crippen LogP contribution < -0.4 is 0 Å². The summed E-state index contributed by atoms with van der Waals surface area (Å²) in [7, 11) is 0. The molecule has 0 bridgehead atoms. The summed E-state index contributed by atoms with van der Waals surface area (Å²) < 4.78 is 0. The summed E-state index contributed by atoms with van der Waals surface area (Å²) in [6.07, 6.45) is -3.78. The SMILES string of the molecule is C=C(C)C(=O)OOC(=O)OOC(=O)/C(C)=C/C(O)C(O)CO. The van der Waals surface area contributed by atoms with Gasteiger partial charge >= 0.3 is 18.1 Å². The molecule has 0 rings (SSSR count). The first-order valence-corrected chi connectivity index (χ1v) is 5.81. The Hall–Kier alpha value is -2.43. The van der Waals surface area contributed by atoms with Gasteiger partial charge in [0.25, 0.3) is 0 Å². The molecule has 0 heterocycles. The minimum Gasteiger partial charge on any atom is -0.394 e. The van der Waals surface area contributed by atoms with Crippen LogP contribution in [0.4, 0.5) is 4.79 Å². The highest BCUT2D eigenvalue weighted by atomic mass is 17.3. The normalized spacial score (nSPS) is 13.6. The molecule has 0 spiro atoms. The maximum atomic E-state index is 11.3. The number of aliphatic hydroxyl groups is 3. The topological polar surface area (TPSA) is 149 Å². The smallest absolute Gasteiger partial charge is 0.394 e. The summed E-state index contributed by atoms with van der Waals surface area (Å²) in [5, 5.41) is 27.0. The van der Waals surface area contributed by atoms with Gasteiger partial charge in [-0.3, -0.25) is 0 Å². The molecule has 0 amide bonds. The van der Waals surface area contributed by atoms with Gasteiger partial charge in [0.15, 0.2) is 0 Å². The van der Waals surface area contributed by atoms with E-state index in [1.807, 2.05) is 0 Å². The molecule has 0 aromatic heterocycles. The Bertz CT molecular complexity index is 467. The molecule has 2 unspecified atom stereocenters. The van der Waals surface area contributed by atoms with Crippen LogP contribution in [-0.2, 0) is 29.1 Å². The Kier molecular flexibility index (Phi) is 8.45. The molecule has 0 fully saturated rings. The highest BCUT2D eigenvalue weighted by Crippen LogP contribution is 2.04. The van der Waals surface area contributed by atoms with Crippen molar-refractivity contribution in [3.63, 3.8) is 0 Å². The minimum atomic E-state index is -1.63. The van der Waals surface area contributed by atoms with Crippen molar-refractivity contribution in [1.29, 1.82) is 0 Å². The van der Waals surface area contributed by atoms with Crippen LogP contribution in [0.5, 0.6) is 0 Å². The van der Waals surface area contributed by atoms with Crippen LogP contribution in [0.2, 0.25) is 0 Å². The first-order chi connectivity index (χ1) is 10.2. The lowest BCUT2D eigenvalue weighted by Crippen LogP contribution is -2.28. The van der Waals surface area contributed by atoms with E-state index < -0.39 is 36.9 Å². The molecular formula is C12H16O10. The second-order valence-electron chi connectivity index (χ2n) is 4.03. The van der Waals surface area contributed by atoms with E-state index in [-0.39, 0.29) is 11.1 Å². The first-order valence-electron chi connectivity index (χ1n) is 5.81. The molecule has 0 saturated carbocycles. The van der Waals surface area contributed by atoms with Crippen LogP contribution >= 0.6 is 0 Å². The fourth-order valence-corrected chi connectivity index (χ4v) is 0.838. The van der Waals surface area contributed by atoms with Crippen LogP contribution in [0.3, 0.4) is 0 Å². The molecule has 0 aromatic carbocycles. The predicted octanol–water partition coefficient (Wildman–Crippen LogP) is -0.708. The second kappa shape index (κ2) is 9.50. The Morgan fingerprint density at radius 1 is 1.05 bits per heavy atom. The van der Waals surface area contributed by atoms with Gasteiger partial charge < -0.3 is 15.3 Å². The van der Waals surface area contributed by atoms with Gasteiger partial charge in [-0.2, -0.15) is 4.79 Å². The van der Waals surface area contributed by atoms with Gasteiger partial charge in [-0.05, 0) is 19.9 Å². The zero-order valence-corrected chi connectivity index (χ0v) is 11.8. The lowest BCUT2D eigenvalue weighted by atomic mass is 10.1. The van der Waals surface area contributed by atoms with E-state index >= 15 is 0 Å². The largest absolute Gasteiger partial charge is 0.592 e. The highest BCUT2D eigenvalue weighted by molar-refractivity contribution is 5.88. The Morgan fingerprint density at radius 2 is 1.55 bits per heavy atom. The highest BCUT2D eigenvalue weighted by Gasteiger charge is 2.19. The average molecular weight is 320 g/mol. The van der Waals surface area contributed by atoms with Crippen molar-refractivity contribution in [1.82, 2.24) is 0 Å². The number of hydrogen-bond acceptors (Lipinski definition) is 10. The summed E-state index contributed by atoms with van der Waals surface area (Å²) in [5.41, 5.74) is -0.272. The summed E-state index contributed by atoms with van der Waals surface area (Å²) in [6.45, 7) is 4.98. The van der Waals surface area contributed by atoms with E-state index in [4.69, 9.17) is 10.2 Å². The standard InChI is InChI=1S/C12H16O10/c1-6(2)10(16)19-21-12(18)22-20-11(17)7(3)4-8(14)9(15)5-13/h4,8-9,13-15H,1,5H2,2-3H3/b7-4+. The quantitative estimate of drug-likeness (QED) is 0.337. The van der Waals surface area contributed by atoms with Crippen molar-refractivity contribution in [2.75, 3.05) is 6.61 Å². The Labute approximate surface area is 125 Å². The maximum absolute atomic E-state index is 11.3. The van der Waals surface area contributed by atoms with Crippen molar-refractivity contribution in [2.45, 2.75) is 26.1 Å². The molecule has 10 heteroatoms. The van der Waals surface area contributed by atoms with Crippen molar-refractivity contribution in [3.8, 4) is 0 Å². The predicted molar refractivity (Wildman–Crippen MR) is 67.4 cm³/mol. The van der Waals surface area contributed by atoms with E-state index in [0.717, 1.165) is 6.08 Å². The molecule has 22 heavy (non-hydrogen) atoms. The second-order valence-corrected chi connectivity index (χ2v) is 4.03. The minimum absolute atomic E-state index is 0.0417. The fraction of sp³-hybridized carbons (Fsp3) is 0.417. The third kappa shape index (κ3) is 7.38. The van der Waals surface area contributed by atoms with Crippen molar-refractivity contribution >= 4 is 18.1 Å². The van der Waals surface area contributed by atoms with Crippen molar-refractivity contribution in [2.24, 2.45) is 0 Å². The molecule has 0 radical (unpaired) electrons. The summed E-state index contributed by atoms with van der Waals surface area (Å²) >= 11 is 0. The third-order valence-corrected chi connectivity index (χ3v) is 2.04. The number of carbonyl (C=O) groups is 3. The van der Waals surface area contributed by atoms with E-state index in [2.05, 4.69) is 26.1 Å². The number of aliphatic hydroxyl groups excluding tert-OH is 3. The van der Waals surface area contributed by atoms with Crippen LogP contribution in [0.1, 0.15) is 13.8 Å². The van der Waals surface area contributed by atoms with Gasteiger partial charge in [0.2, 0.25) is 0 Å². The third-order valence-electron chi connectivity index (χ3n) is 2.04. The van der Waals surface area contributed by atoms with Gasteiger partial charge in [0, 0.05) is 11.1 Å². The Balaban J connectivity index is 4.27. The van der Waals surface area contributed by atoms with Crippen molar-refractivity contribution in [3.05, 3.63) is 23.8 Å². The summed E-state index contributed by atoms with van der Waals surface area (Å²) in [5.74, 6) is -2.21. The average Bonchev–Trinajstić information content (AvgIpc) is 2.48. The zero-order chi connectivity index (χ0) is 17.3. The van der Waals surface area contributed by atoms with Crippen LogP contribution in [-0.4, -0.2) is 52.2 Å². The number of rotatable bonds is 5. The molecule has 0 aliphatic heterocycles. The number of carbonyl (C=O) groups excluding carboxylic acids is 3. The van der Waals surface area contributed by atoms with E-state index in [1.165, 1.54) is 13.8 Å². The first kappa shape index (κ1) is 19.6. The van der Waals surface area contributed by atoms with Gasteiger partial charge in [-0.15, -0.1) is 0 Å². The molecule has 0 aliphatic carbocycles. The maximum Gasteiger partial charge on any atom is 0.592 e. The van der Waals surface area contributed by atoms with Gasteiger partial charge in [0.05, 0.1) is 6.61 Å². The molecule has 3 N–H and O–H groups in total. The van der Waals surface area contributed by atoms with E-state index in [1.54, 1.807) is 0 Å². The summed E-state index contributed by atoms with van der Waals surface area (Å²) in [4.78, 5) is 48.8. The van der Waals surface area contributed by atoms with Crippen LogP contribution in [0.15, 0.2) is 23.8 Å². The zero-order valence-electron chi connectivity index (χ0n) is 11.8. The monoisotopic (exact) mass is 320 g/mol. The van der Waals surface area contributed by atoms with Crippen LogP contribution in [0, 0.1) is 0 Å². The molecule has 0 saturated heterocycles. The molecule has 10 nitrogen and oxygen atoms in total. The molecule has 0 aromatic rings. The van der Waals surface area contributed by atoms with E-state index in [9.17, 15) is 19.5 Å². The molecule has 2 atom stereocenters. The van der Waals surface area contributed by atoms with Gasteiger partial charge in [-0.25, -0.2) is 29.1 Å². The lowest BCUT2D eigenvalue weighted by Gasteiger charge is -2.11. The lowest BCUT2D eigenvalue weighted by molar-refractivity contribution is -0.289. The van der Waals surface area contributed by atoms with Gasteiger partial charge in [0.1, 0.15) is 12.2 Å². The Morgan fingerprint density at radius 3 is 2.00 bits per heavy atom. The fourth-order valence-electron chi connectivity index (χ4n) is 0.838.